The van der Waals surface area contributed by atoms with E-state index in [0.717, 1.165) is 28.5 Å². The zero-order chi connectivity index (χ0) is 14.1. The fraction of sp³-hybridized carbons (Fsp3) is 0.286. The Kier molecular flexibility index (Phi) is 3.67. The molecule has 0 saturated heterocycles. The van der Waals surface area contributed by atoms with Gasteiger partial charge in [0.05, 0.1) is 17.7 Å². The highest BCUT2D eigenvalue weighted by Gasteiger charge is 2.22. The van der Waals surface area contributed by atoms with E-state index in [0.29, 0.717) is 0 Å². The molecule has 0 saturated carbocycles. The Balaban J connectivity index is 2.10. The molecule has 4 nitrogen and oxygen atoms in total. The lowest BCUT2D eigenvalue weighted by Gasteiger charge is -2.12. The summed E-state index contributed by atoms with van der Waals surface area (Å²) in [6.07, 6.45) is 0.814. The molecule has 1 aromatic carbocycles. The molecule has 20 heavy (non-hydrogen) atoms. The van der Waals surface area contributed by atoms with Gasteiger partial charge in [-0.05, 0) is 18.2 Å². The minimum absolute atomic E-state index is 0.389. The molecule has 0 atom stereocenters. The second kappa shape index (κ2) is 5.46. The van der Waals surface area contributed by atoms with Gasteiger partial charge in [0.25, 0.3) is 0 Å². The second-order valence-electron chi connectivity index (χ2n) is 4.34. The summed E-state index contributed by atoms with van der Waals surface area (Å²) >= 11 is 3.50. The molecule has 1 aliphatic rings. The number of ether oxygens (including phenoxy) is 1. The monoisotopic (exact) mass is 307 g/mol. The summed E-state index contributed by atoms with van der Waals surface area (Å²) in [7, 11) is 1.67. The number of nitrogens with zero attached hydrogens (tertiary/aromatic N) is 1. The summed E-state index contributed by atoms with van der Waals surface area (Å²) in [5.74, 6) is 1.40. The van der Waals surface area contributed by atoms with Gasteiger partial charge in [0, 0.05) is 34.1 Å². The zero-order valence-corrected chi connectivity index (χ0v) is 12.8. The highest BCUT2D eigenvalue weighted by Crippen LogP contribution is 2.43. The first kappa shape index (κ1) is 13.5. The van der Waals surface area contributed by atoms with Crippen LogP contribution in [0.3, 0.4) is 0 Å². The molecule has 0 fully saturated rings. The Bertz CT molecular complexity index is 706. The molecular weight excluding hydrogens is 294 g/mol. The highest BCUT2D eigenvalue weighted by atomic mass is 32.2. The number of hydrogen-bond acceptors (Lipinski definition) is 6. The number of hydrogen-bond donors (Lipinski definition) is 0. The molecule has 0 amide bonds. The third-order valence-electron chi connectivity index (χ3n) is 2.98. The van der Waals surface area contributed by atoms with Crippen LogP contribution < -0.4 is 4.74 Å². The van der Waals surface area contributed by atoms with Crippen LogP contribution in [-0.4, -0.2) is 24.5 Å². The van der Waals surface area contributed by atoms with Gasteiger partial charge < -0.3 is 9.57 Å². The van der Waals surface area contributed by atoms with Crippen LogP contribution in [0, 0.1) is 0 Å². The van der Waals surface area contributed by atoms with E-state index in [-0.39, 0.29) is 5.97 Å². The fourth-order valence-corrected chi connectivity index (χ4v) is 4.61. The van der Waals surface area contributed by atoms with E-state index in [4.69, 9.17) is 9.57 Å². The van der Waals surface area contributed by atoms with Crippen molar-refractivity contribution in [3.8, 4) is 5.75 Å². The van der Waals surface area contributed by atoms with Gasteiger partial charge in [-0.15, -0.1) is 23.1 Å². The quantitative estimate of drug-likeness (QED) is 0.627. The van der Waals surface area contributed by atoms with Crippen molar-refractivity contribution in [3.63, 3.8) is 0 Å². The number of thioether (sulfide) groups is 1. The predicted octanol–water partition coefficient (Wildman–Crippen LogP) is 3.67. The van der Waals surface area contributed by atoms with Gasteiger partial charge >= 0.3 is 5.97 Å². The Labute approximate surface area is 124 Å². The lowest BCUT2D eigenvalue weighted by molar-refractivity contribution is -0.140. The number of thiophene rings is 1. The van der Waals surface area contributed by atoms with Crippen LogP contribution in [0.5, 0.6) is 5.75 Å². The topological polar surface area (TPSA) is 47.9 Å². The fourth-order valence-electron chi connectivity index (χ4n) is 2.08. The zero-order valence-electron chi connectivity index (χ0n) is 11.1. The van der Waals surface area contributed by atoms with E-state index in [1.54, 1.807) is 18.4 Å². The largest absolute Gasteiger partial charge is 0.497 e. The summed E-state index contributed by atoms with van der Waals surface area (Å²) in [5.41, 5.74) is 0.856. The minimum atomic E-state index is -0.389. The molecule has 2 heterocycles. The van der Waals surface area contributed by atoms with Gasteiger partial charge in [0.1, 0.15) is 5.75 Å². The van der Waals surface area contributed by atoms with Crippen molar-refractivity contribution in [3.05, 3.63) is 23.1 Å². The summed E-state index contributed by atoms with van der Waals surface area (Å²) in [6, 6.07) is 6.06. The lowest BCUT2D eigenvalue weighted by Crippen LogP contribution is -2.08. The molecule has 1 aromatic heterocycles. The maximum atomic E-state index is 10.9. The molecule has 3 rings (SSSR count). The van der Waals surface area contributed by atoms with Gasteiger partial charge in [-0.1, -0.05) is 5.16 Å². The van der Waals surface area contributed by atoms with Crippen molar-refractivity contribution in [2.75, 3.05) is 12.9 Å². The van der Waals surface area contributed by atoms with Crippen molar-refractivity contribution in [1.29, 1.82) is 0 Å². The first-order chi connectivity index (χ1) is 9.69. The summed E-state index contributed by atoms with van der Waals surface area (Å²) in [4.78, 5) is 18.0. The molecule has 0 N–H and O–H groups in total. The standard InChI is InChI=1S/C14H13NO3S2/c1-8(16)18-15-11-5-6-19-13-10-7-9(17-2)3-4-12(10)20-14(11)13/h3-4,7H,5-6H2,1-2H3/b15-11+. The van der Waals surface area contributed by atoms with Gasteiger partial charge in [0.15, 0.2) is 0 Å². The Morgan fingerprint density at radius 1 is 1.40 bits per heavy atom. The predicted molar refractivity (Wildman–Crippen MR) is 82.0 cm³/mol. The highest BCUT2D eigenvalue weighted by molar-refractivity contribution is 7.99. The summed E-state index contributed by atoms with van der Waals surface area (Å²) < 4.78 is 6.48. The second-order valence-corrected chi connectivity index (χ2v) is 6.50. The number of rotatable bonds is 2. The Morgan fingerprint density at radius 3 is 3.00 bits per heavy atom. The third kappa shape index (κ3) is 2.41. The minimum Gasteiger partial charge on any atom is -0.497 e. The normalized spacial score (nSPS) is 16.2. The number of methoxy groups -OCH3 is 1. The third-order valence-corrected chi connectivity index (χ3v) is 5.45. The van der Waals surface area contributed by atoms with E-state index >= 15 is 0 Å². The molecule has 0 radical (unpaired) electrons. The van der Waals surface area contributed by atoms with Crippen molar-refractivity contribution in [2.45, 2.75) is 18.2 Å². The van der Waals surface area contributed by atoms with Crippen LogP contribution >= 0.6 is 23.1 Å². The molecule has 1 aliphatic heterocycles. The average Bonchev–Trinajstić information content (AvgIpc) is 2.83. The molecule has 0 spiro atoms. The van der Waals surface area contributed by atoms with E-state index < -0.39 is 0 Å². The Morgan fingerprint density at radius 2 is 2.25 bits per heavy atom. The molecule has 0 aliphatic carbocycles. The molecule has 104 valence electrons. The number of fused-ring (bicyclic) bond motifs is 3. The average molecular weight is 307 g/mol. The van der Waals surface area contributed by atoms with E-state index in [1.165, 1.54) is 21.9 Å². The molecular formula is C14H13NO3S2. The number of carbonyl (C=O) groups excluding carboxylic acids is 1. The SMILES string of the molecule is COc1ccc2sc3c(c2c1)SCC/C3=N\OC(C)=O. The van der Waals surface area contributed by atoms with Crippen LogP contribution in [0.1, 0.15) is 18.2 Å². The number of benzene rings is 1. The van der Waals surface area contributed by atoms with Crippen molar-refractivity contribution >= 4 is 44.9 Å². The van der Waals surface area contributed by atoms with Gasteiger partial charge in [-0.2, -0.15) is 0 Å². The van der Waals surface area contributed by atoms with Gasteiger partial charge in [-0.25, -0.2) is 4.79 Å². The van der Waals surface area contributed by atoms with Crippen LogP contribution in [0.25, 0.3) is 10.1 Å². The Hall–Kier alpha value is -1.53. The maximum Gasteiger partial charge on any atom is 0.331 e. The summed E-state index contributed by atoms with van der Waals surface area (Å²) in [6.45, 7) is 1.36. The smallest absolute Gasteiger partial charge is 0.331 e. The van der Waals surface area contributed by atoms with Crippen molar-refractivity contribution in [2.24, 2.45) is 5.16 Å². The molecule has 0 bridgehead atoms. The first-order valence-electron chi connectivity index (χ1n) is 6.17. The van der Waals surface area contributed by atoms with Crippen molar-refractivity contribution < 1.29 is 14.4 Å². The van der Waals surface area contributed by atoms with Gasteiger partial charge in [-0.3, -0.25) is 0 Å². The van der Waals surface area contributed by atoms with Crippen LogP contribution in [0.2, 0.25) is 0 Å². The van der Waals surface area contributed by atoms with Crippen LogP contribution in [0.15, 0.2) is 28.3 Å². The molecule has 2 aromatic rings. The first-order valence-corrected chi connectivity index (χ1v) is 7.97. The van der Waals surface area contributed by atoms with Crippen LogP contribution in [-0.2, 0) is 9.63 Å². The van der Waals surface area contributed by atoms with E-state index in [2.05, 4.69) is 11.2 Å². The molecule has 0 unspecified atom stereocenters. The maximum absolute atomic E-state index is 10.9. The molecule has 6 heteroatoms. The van der Waals surface area contributed by atoms with E-state index in [9.17, 15) is 4.79 Å². The van der Waals surface area contributed by atoms with E-state index in [1.807, 2.05) is 23.9 Å². The van der Waals surface area contributed by atoms with Crippen molar-refractivity contribution in [1.82, 2.24) is 0 Å². The summed E-state index contributed by atoms with van der Waals surface area (Å²) in [5, 5.41) is 5.18. The van der Waals surface area contributed by atoms with Crippen LogP contribution in [0.4, 0.5) is 0 Å². The van der Waals surface area contributed by atoms with Gasteiger partial charge in [0.2, 0.25) is 0 Å². The lowest BCUT2D eigenvalue weighted by atomic mass is 10.2. The number of oxime groups is 1. The number of carbonyl (C=O) groups is 1.